The van der Waals surface area contributed by atoms with E-state index in [1.807, 2.05) is 26.1 Å². The molecule has 112 valence electrons. The molecule has 1 heterocycles. The van der Waals surface area contributed by atoms with E-state index in [0.717, 1.165) is 5.56 Å². The largest absolute Gasteiger partial charge is 0.313 e. The third-order valence-corrected chi connectivity index (χ3v) is 4.76. The number of benzene rings is 1. The van der Waals surface area contributed by atoms with Gasteiger partial charge in [-0.3, -0.25) is 9.71 Å². The SMILES string of the molecule is CNC(C)c1ccc(S(=O)(=O)Nc2cccnc2C)cc1. The first-order valence-corrected chi connectivity index (χ1v) is 8.14. The number of hydrogen-bond acceptors (Lipinski definition) is 4. The van der Waals surface area contributed by atoms with Crippen LogP contribution in [0.3, 0.4) is 0 Å². The van der Waals surface area contributed by atoms with Gasteiger partial charge in [-0.15, -0.1) is 0 Å². The summed E-state index contributed by atoms with van der Waals surface area (Å²) in [6.45, 7) is 3.77. The Hall–Kier alpha value is -1.92. The number of nitrogens with zero attached hydrogens (tertiary/aromatic N) is 1. The van der Waals surface area contributed by atoms with Crippen LogP contribution >= 0.6 is 0 Å². The fourth-order valence-corrected chi connectivity index (χ4v) is 3.02. The lowest BCUT2D eigenvalue weighted by atomic mass is 10.1. The van der Waals surface area contributed by atoms with E-state index in [-0.39, 0.29) is 10.9 Å². The fourth-order valence-electron chi connectivity index (χ4n) is 1.90. The van der Waals surface area contributed by atoms with E-state index in [0.29, 0.717) is 11.4 Å². The van der Waals surface area contributed by atoms with E-state index in [4.69, 9.17) is 0 Å². The number of rotatable bonds is 5. The smallest absolute Gasteiger partial charge is 0.261 e. The lowest BCUT2D eigenvalue weighted by Gasteiger charge is -2.12. The van der Waals surface area contributed by atoms with E-state index >= 15 is 0 Å². The summed E-state index contributed by atoms with van der Waals surface area (Å²) in [5, 5.41) is 3.11. The molecule has 0 saturated heterocycles. The monoisotopic (exact) mass is 305 g/mol. The Kier molecular flexibility index (Phi) is 4.59. The Morgan fingerprint density at radius 2 is 1.81 bits per heavy atom. The molecule has 0 radical (unpaired) electrons. The summed E-state index contributed by atoms with van der Waals surface area (Å²) in [5.74, 6) is 0. The van der Waals surface area contributed by atoms with Gasteiger partial charge in [0.2, 0.25) is 0 Å². The number of anilines is 1. The van der Waals surface area contributed by atoms with E-state index in [2.05, 4.69) is 15.0 Å². The van der Waals surface area contributed by atoms with Crippen LogP contribution in [0.25, 0.3) is 0 Å². The maximum absolute atomic E-state index is 12.3. The molecule has 2 rings (SSSR count). The minimum Gasteiger partial charge on any atom is -0.313 e. The molecule has 0 aliphatic carbocycles. The van der Waals surface area contributed by atoms with Crippen molar-refractivity contribution in [3.8, 4) is 0 Å². The quantitative estimate of drug-likeness (QED) is 0.890. The molecule has 0 fully saturated rings. The second-order valence-corrected chi connectivity index (χ2v) is 6.50. The topological polar surface area (TPSA) is 71.1 Å². The van der Waals surface area contributed by atoms with E-state index in [1.165, 1.54) is 0 Å². The van der Waals surface area contributed by atoms with Gasteiger partial charge < -0.3 is 5.32 Å². The highest BCUT2D eigenvalue weighted by molar-refractivity contribution is 7.92. The molecule has 0 aliphatic rings. The van der Waals surface area contributed by atoms with E-state index in [9.17, 15) is 8.42 Å². The molecule has 6 heteroatoms. The van der Waals surface area contributed by atoms with Crippen LogP contribution in [0, 0.1) is 6.92 Å². The van der Waals surface area contributed by atoms with Gasteiger partial charge in [-0.1, -0.05) is 12.1 Å². The first kappa shape index (κ1) is 15.5. The lowest BCUT2D eigenvalue weighted by molar-refractivity contribution is 0.600. The predicted molar refractivity (Wildman–Crippen MR) is 83.7 cm³/mol. The number of aryl methyl sites for hydroxylation is 1. The molecule has 0 amide bonds. The Balaban J connectivity index is 2.26. The Bertz CT molecular complexity index is 712. The van der Waals surface area contributed by atoms with Crippen molar-refractivity contribution in [3.63, 3.8) is 0 Å². The molecule has 1 aromatic carbocycles. The third kappa shape index (κ3) is 3.59. The van der Waals surface area contributed by atoms with Crippen molar-refractivity contribution in [3.05, 3.63) is 53.9 Å². The molecule has 1 atom stereocenters. The van der Waals surface area contributed by atoms with Crippen LogP contribution in [0.2, 0.25) is 0 Å². The van der Waals surface area contributed by atoms with Gasteiger partial charge in [0.25, 0.3) is 10.0 Å². The molecule has 2 N–H and O–H groups in total. The number of aromatic nitrogens is 1. The van der Waals surface area contributed by atoms with Gasteiger partial charge in [-0.2, -0.15) is 0 Å². The van der Waals surface area contributed by atoms with Crippen molar-refractivity contribution >= 4 is 15.7 Å². The van der Waals surface area contributed by atoms with Gasteiger partial charge in [-0.25, -0.2) is 8.42 Å². The molecule has 0 spiro atoms. The molecule has 5 nitrogen and oxygen atoms in total. The van der Waals surface area contributed by atoms with Crippen molar-refractivity contribution in [1.82, 2.24) is 10.3 Å². The zero-order chi connectivity index (χ0) is 15.5. The van der Waals surface area contributed by atoms with Crippen molar-refractivity contribution in [2.45, 2.75) is 24.8 Å². The van der Waals surface area contributed by atoms with Crippen molar-refractivity contribution in [2.24, 2.45) is 0 Å². The molecule has 0 aliphatic heterocycles. The molecule has 0 saturated carbocycles. The first-order chi connectivity index (χ1) is 9.94. The van der Waals surface area contributed by atoms with E-state index in [1.54, 1.807) is 37.4 Å². The standard InChI is InChI=1S/C15H19N3O2S/c1-11(16-3)13-6-8-14(9-7-13)21(19,20)18-15-5-4-10-17-12(15)2/h4-11,16,18H,1-3H3. The normalized spacial score (nSPS) is 12.9. The Morgan fingerprint density at radius 1 is 1.14 bits per heavy atom. The zero-order valence-electron chi connectivity index (χ0n) is 12.3. The summed E-state index contributed by atoms with van der Waals surface area (Å²) < 4.78 is 27.3. The van der Waals surface area contributed by atoms with Crippen LogP contribution in [0.5, 0.6) is 0 Å². The summed E-state index contributed by atoms with van der Waals surface area (Å²) >= 11 is 0. The fraction of sp³-hybridized carbons (Fsp3) is 0.267. The van der Waals surface area contributed by atoms with Gasteiger partial charge in [0, 0.05) is 12.2 Å². The summed E-state index contributed by atoms with van der Waals surface area (Å²) in [6.07, 6.45) is 1.63. The Labute approximate surface area is 125 Å². The second-order valence-electron chi connectivity index (χ2n) is 4.82. The minimum atomic E-state index is -3.60. The first-order valence-electron chi connectivity index (χ1n) is 6.65. The van der Waals surface area contributed by atoms with Gasteiger partial charge in [0.15, 0.2) is 0 Å². The highest BCUT2D eigenvalue weighted by Gasteiger charge is 2.15. The number of pyridine rings is 1. The number of hydrogen-bond donors (Lipinski definition) is 2. The molecular weight excluding hydrogens is 286 g/mol. The van der Waals surface area contributed by atoms with Gasteiger partial charge in [0.05, 0.1) is 16.3 Å². The summed E-state index contributed by atoms with van der Waals surface area (Å²) in [6, 6.07) is 10.4. The summed E-state index contributed by atoms with van der Waals surface area (Å²) in [7, 11) is -1.73. The van der Waals surface area contributed by atoms with E-state index < -0.39 is 10.0 Å². The molecular formula is C15H19N3O2S. The van der Waals surface area contributed by atoms with Gasteiger partial charge in [0.1, 0.15) is 0 Å². The van der Waals surface area contributed by atoms with Crippen LogP contribution in [0.4, 0.5) is 5.69 Å². The molecule has 2 aromatic rings. The van der Waals surface area contributed by atoms with Gasteiger partial charge in [-0.05, 0) is 50.7 Å². The average Bonchev–Trinajstić information content (AvgIpc) is 2.49. The highest BCUT2D eigenvalue weighted by atomic mass is 32.2. The summed E-state index contributed by atoms with van der Waals surface area (Å²) in [5.41, 5.74) is 2.17. The van der Waals surface area contributed by atoms with Crippen LogP contribution < -0.4 is 10.0 Å². The predicted octanol–water partition coefficient (Wildman–Crippen LogP) is 2.47. The summed E-state index contributed by atoms with van der Waals surface area (Å²) in [4.78, 5) is 4.30. The third-order valence-electron chi connectivity index (χ3n) is 3.37. The number of sulfonamides is 1. The van der Waals surface area contributed by atoms with Gasteiger partial charge >= 0.3 is 0 Å². The Morgan fingerprint density at radius 3 is 2.38 bits per heavy atom. The number of nitrogens with one attached hydrogen (secondary N) is 2. The molecule has 0 bridgehead atoms. The molecule has 1 aromatic heterocycles. The van der Waals surface area contributed by atoms with Crippen LogP contribution in [-0.2, 0) is 10.0 Å². The van der Waals surface area contributed by atoms with Crippen molar-refractivity contribution in [1.29, 1.82) is 0 Å². The maximum atomic E-state index is 12.3. The molecule has 1 unspecified atom stereocenters. The van der Waals surface area contributed by atoms with Crippen molar-refractivity contribution < 1.29 is 8.42 Å². The van der Waals surface area contributed by atoms with Crippen LogP contribution in [0.1, 0.15) is 24.2 Å². The highest BCUT2D eigenvalue weighted by Crippen LogP contribution is 2.20. The van der Waals surface area contributed by atoms with Crippen molar-refractivity contribution in [2.75, 3.05) is 11.8 Å². The lowest BCUT2D eigenvalue weighted by Crippen LogP contribution is -2.15. The average molecular weight is 305 g/mol. The minimum absolute atomic E-state index is 0.176. The second kappa shape index (κ2) is 6.24. The zero-order valence-corrected chi connectivity index (χ0v) is 13.1. The van der Waals surface area contributed by atoms with Crippen LogP contribution in [-0.4, -0.2) is 20.4 Å². The maximum Gasteiger partial charge on any atom is 0.261 e. The van der Waals surface area contributed by atoms with Crippen LogP contribution in [0.15, 0.2) is 47.5 Å². The molecule has 21 heavy (non-hydrogen) atoms.